The Morgan fingerprint density at radius 2 is 1.67 bits per heavy atom. The SMILES string of the molecule is CCc1ccc(NC(=O)N2CCN(c3nc4ccccc4n4cccc34)CC2)cc1. The average Bonchev–Trinajstić information content (AvgIpc) is 3.29. The van der Waals surface area contributed by atoms with Crippen LogP contribution in [0.5, 0.6) is 0 Å². The van der Waals surface area contributed by atoms with Crippen LogP contribution >= 0.6 is 0 Å². The second-order valence-corrected chi connectivity index (χ2v) is 7.64. The van der Waals surface area contributed by atoms with Crippen molar-refractivity contribution in [2.45, 2.75) is 13.3 Å². The van der Waals surface area contributed by atoms with Crippen molar-refractivity contribution in [2.75, 3.05) is 36.4 Å². The smallest absolute Gasteiger partial charge is 0.321 e. The number of urea groups is 1. The van der Waals surface area contributed by atoms with E-state index in [1.54, 1.807) is 0 Å². The fourth-order valence-electron chi connectivity index (χ4n) is 4.09. The minimum atomic E-state index is -0.0433. The van der Waals surface area contributed by atoms with Crippen LogP contribution in [0.3, 0.4) is 0 Å². The van der Waals surface area contributed by atoms with Crippen molar-refractivity contribution >= 4 is 34.1 Å². The van der Waals surface area contributed by atoms with Crippen LogP contribution in [-0.2, 0) is 6.42 Å². The van der Waals surface area contributed by atoms with E-state index in [9.17, 15) is 4.79 Å². The summed E-state index contributed by atoms with van der Waals surface area (Å²) in [4.78, 5) is 21.8. The van der Waals surface area contributed by atoms with Gasteiger partial charge in [0.05, 0.1) is 16.6 Å². The van der Waals surface area contributed by atoms with Gasteiger partial charge in [-0.15, -0.1) is 0 Å². The number of nitrogens with zero attached hydrogens (tertiary/aromatic N) is 4. The summed E-state index contributed by atoms with van der Waals surface area (Å²) in [5, 5.41) is 3.02. The van der Waals surface area contributed by atoms with E-state index >= 15 is 0 Å². The molecule has 0 atom stereocenters. The van der Waals surface area contributed by atoms with Crippen LogP contribution in [0, 0.1) is 0 Å². The van der Waals surface area contributed by atoms with E-state index in [4.69, 9.17) is 4.98 Å². The van der Waals surface area contributed by atoms with E-state index in [-0.39, 0.29) is 6.03 Å². The molecular weight excluding hydrogens is 374 g/mol. The summed E-state index contributed by atoms with van der Waals surface area (Å²) in [6.45, 7) is 4.97. The molecule has 2 aromatic heterocycles. The number of fused-ring (bicyclic) bond motifs is 3. The third-order valence-electron chi connectivity index (χ3n) is 5.83. The van der Waals surface area contributed by atoms with Crippen LogP contribution in [0.15, 0.2) is 66.9 Å². The fraction of sp³-hybridized carbons (Fsp3) is 0.250. The molecule has 6 nitrogen and oxygen atoms in total. The third kappa shape index (κ3) is 3.34. The van der Waals surface area contributed by atoms with Gasteiger partial charge in [-0.05, 0) is 48.4 Å². The van der Waals surface area contributed by atoms with Gasteiger partial charge < -0.3 is 19.5 Å². The van der Waals surface area contributed by atoms with Crippen molar-refractivity contribution < 1.29 is 4.79 Å². The Labute approximate surface area is 175 Å². The van der Waals surface area contributed by atoms with Gasteiger partial charge in [-0.2, -0.15) is 0 Å². The Morgan fingerprint density at radius 1 is 0.933 bits per heavy atom. The summed E-state index contributed by atoms with van der Waals surface area (Å²) >= 11 is 0. The maximum Gasteiger partial charge on any atom is 0.321 e. The van der Waals surface area contributed by atoms with Crippen molar-refractivity contribution in [1.82, 2.24) is 14.3 Å². The number of rotatable bonds is 3. The zero-order valence-corrected chi connectivity index (χ0v) is 17.1. The molecule has 0 bridgehead atoms. The molecule has 0 spiro atoms. The van der Waals surface area contributed by atoms with Crippen LogP contribution in [-0.4, -0.2) is 46.5 Å². The molecule has 0 unspecified atom stereocenters. The molecule has 2 aromatic carbocycles. The molecule has 30 heavy (non-hydrogen) atoms. The van der Waals surface area contributed by atoms with Crippen LogP contribution < -0.4 is 10.2 Å². The molecule has 1 saturated heterocycles. The van der Waals surface area contributed by atoms with Crippen molar-refractivity contribution in [3.05, 3.63) is 72.4 Å². The number of piperazine rings is 1. The standard InChI is InChI=1S/C24H25N5O/c1-2-18-9-11-19(12-10-18)25-24(30)28-16-14-27(15-17-28)23-22-8-5-13-29(22)21-7-4-3-6-20(21)26-23/h3-13H,2,14-17H2,1H3,(H,25,30). The van der Waals surface area contributed by atoms with Crippen molar-refractivity contribution in [2.24, 2.45) is 0 Å². The van der Waals surface area contributed by atoms with Gasteiger partial charge in [-0.1, -0.05) is 31.2 Å². The van der Waals surface area contributed by atoms with Crippen LogP contribution in [0.4, 0.5) is 16.3 Å². The molecule has 3 heterocycles. The largest absolute Gasteiger partial charge is 0.351 e. The summed E-state index contributed by atoms with van der Waals surface area (Å²) in [5.41, 5.74) is 5.29. The average molecular weight is 399 g/mol. The highest BCUT2D eigenvalue weighted by Gasteiger charge is 2.24. The predicted octanol–water partition coefficient (Wildman–Crippen LogP) is 4.40. The Hall–Kier alpha value is -3.54. The molecule has 0 saturated carbocycles. The highest BCUT2D eigenvalue weighted by molar-refractivity contribution is 5.90. The summed E-state index contributed by atoms with van der Waals surface area (Å²) in [5.74, 6) is 0.980. The zero-order chi connectivity index (χ0) is 20.5. The first-order valence-corrected chi connectivity index (χ1v) is 10.5. The number of aromatic nitrogens is 2. The summed E-state index contributed by atoms with van der Waals surface area (Å²) < 4.78 is 2.19. The number of amides is 2. The monoisotopic (exact) mass is 399 g/mol. The molecule has 152 valence electrons. The van der Waals surface area contributed by atoms with Gasteiger partial charge in [0.15, 0.2) is 5.82 Å². The minimum Gasteiger partial charge on any atom is -0.351 e. The van der Waals surface area contributed by atoms with Gasteiger partial charge >= 0.3 is 6.03 Å². The second-order valence-electron chi connectivity index (χ2n) is 7.64. The Balaban J connectivity index is 1.30. The zero-order valence-electron chi connectivity index (χ0n) is 17.1. The van der Waals surface area contributed by atoms with E-state index in [1.165, 1.54) is 5.56 Å². The van der Waals surface area contributed by atoms with Crippen LogP contribution in [0.25, 0.3) is 16.6 Å². The molecule has 6 heteroatoms. The Bertz CT molecular complexity index is 1190. The number of carbonyl (C=O) groups excluding carboxylic acids is 1. The quantitative estimate of drug-likeness (QED) is 0.555. The summed E-state index contributed by atoms with van der Waals surface area (Å²) in [7, 11) is 0. The van der Waals surface area contributed by atoms with E-state index in [0.29, 0.717) is 13.1 Å². The van der Waals surface area contributed by atoms with Gasteiger partial charge in [0, 0.05) is 38.1 Å². The molecule has 1 aliphatic rings. The van der Waals surface area contributed by atoms with E-state index in [1.807, 2.05) is 35.2 Å². The highest BCUT2D eigenvalue weighted by Crippen LogP contribution is 2.26. The summed E-state index contributed by atoms with van der Waals surface area (Å²) in [6, 6.07) is 20.4. The van der Waals surface area contributed by atoms with Gasteiger partial charge in [-0.3, -0.25) is 0 Å². The lowest BCUT2D eigenvalue weighted by Crippen LogP contribution is -2.50. The highest BCUT2D eigenvalue weighted by atomic mass is 16.2. The maximum absolute atomic E-state index is 12.7. The predicted molar refractivity (Wildman–Crippen MR) is 121 cm³/mol. The molecule has 1 aliphatic heterocycles. The number of benzene rings is 2. The van der Waals surface area contributed by atoms with Crippen molar-refractivity contribution in [3.8, 4) is 0 Å². The topological polar surface area (TPSA) is 52.9 Å². The lowest BCUT2D eigenvalue weighted by Gasteiger charge is -2.35. The molecule has 1 N–H and O–H groups in total. The number of hydrogen-bond donors (Lipinski definition) is 1. The van der Waals surface area contributed by atoms with Crippen LogP contribution in [0.2, 0.25) is 0 Å². The first-order valence-electron chi connectivity index (χ1n) is 10.5. The van der Waals surface area contributed by atoms with Gasteiger partial charge in [0.1, 0.15) is 0 Å². The molecule has 4 aromatic rings. The number of hydrogen-bond acceptors (Lipinski definition) is 3. The number of para-hydroxylation sites is 2. The maximum atomic E-state index is 12.7. The first-order chi connectivity index (χ1) is 14.7. The number of nitrogens with one attached hydrogen (secondary N) is 1. The van der Waals surface area contributed by atoms with Crippen LogP contribution in [0.1, 0.15) is 12.5 Å². The fourth-order valence-corrected chi connectivity index (χ4v) is 4.09. The van der Waals surface area contributed by atoms with E-state index < -0.39 is 0 Å². The Kier molecular flexibility index (Phi) is 4.75. The third-order valence-corrected chi connectivity index (χ3v) is 5.83. The van der Waals surface area contributed by atoms with E-state index in [2.05, 4.69) is 58.1 Å². The van der Waals surface area contributed by atoms with Crippen molar-refractivity contribution in [1.29, 1.82) is 0 Å². The normalized spacial score (nSPS) is 14.4. The van der Waals surface area contributed by atoms with Gasteiger partial charge in [-0.25, -0.2) is 9.78 Å². The molecule has 2 amide bonds. The molecule has 5 rings (SSSR count). The Morgan fingerprint density at radius 3 is 2.43 bits per heavy atom. The van der Waals surface area contributed by atoms with Gasteiger partial charge in [0.25, 0.3) is 0 Å². The van der Waals surface area contributed by atoms with Crippen molar-refractivity contribution in [3.63, 3.8) is 0 Å². The number of carbonyl (C=O) groups is 1. The molecule has 1 fully saturated rings. The summed E-state index contributed by atoms with van der Waals surface area (Å²) in [6.07, 6.45) is 3.07. The molecule has 0 aliphatic carbocycles. The number of aryl methyl sites for hydroxylation is 1. The lowest BCUT2D eigenvalue weighted by atomic mass is 10.1. The molecule has 0 radical (unpaired) electrons. The van der Waals surface area contributed by atoms with Gasteiger partial charge in [0.2, 0.25) is 0 Å². The molecular formula is C24H25N5O. The minimum absolute atomic E-state index is 0.0433. The van der Waals surface area contributed by atoms with E-state index in [0.717, 1.165) is 47.6 Å². The second kappa shape index (κ2) is 7.71. The number of anilines is 2. The first kappa shape index (κ1) is 18.5. The lowest BCUT2D eigenvalue weighted by molar-refractivity contribution is 0.208.